The van der Waals surface area contributed by atoms with Gasteiger partial charge in [0.15, 0.2) is 0 Å². The van der Waals surface area contributed by atoms with Crippen molar-refractivity contribution in [1.29, 1.82) is 0 Å². The van der Waals surface area contributed by atoms with E-state index in [4.69, 9.17) is 5.73 Å². The van der Waals surface area contributed by atoms with Gasteiger partial charge in [0.05, 0.1) is 0 Å². The lowest BCUT2D eigenvalue weighted by atomic mass is 9.99. The highest BCUT2D eigenvalue weighted by Gasteiger charge is 2.21. The zero-order valence-electron chi connectivity index (χ0n) is 11.9. The Balaban J connectivity index is 2.55. The second-order valence-electron chi connectivity index (χ2n) is 5.64. The Kier molecular flexibility index (Phi) is 5.70. The summed E-state index contributed by atoms with van der Waals surface area (Å²) in [6.07, 6.45) is 1.01. The molecule has 0 spiro atoms. The van der Waals surface area contributed by atoms with Gasteiger partial charge in [-0.1, -0.05) is 30.3 Å². The number of rotatable bonds is 7. The molecule has 1 unspecified atom stereocenters. The Hall–Kier alpha value is -1.88. The summed E-state index contributed by atoms with van der Waals surface area (Å²) in [5, 5.41) is 11.7. The van der Waals surface area contributed by atoms with E-state index in [1.165, 1.54) is 0 Å². The monoisotopic (exact) mass is 278 g/mol. The molecule has 1 rings (SSSR count). The fourth-order valence-corrected chi connectivity index (χ4v) is 1.75. The molecule has 4 N–H and O–H groups in total. The number of carboxylic acids is 1. The number of carboxylic acid groups (broad SMARTS) is 1. The summed E-state index contributed by atoms with van der Waals surface area (Å²) in [5.74, 6) is -1.32. The second kappa shape index (κ2) is 7.05. The maximum absolute atomic E-state index is 11.8. The van der Waals surface area contributed by atoms with Crippen molar-refractivity contribution in [3.63, 3.8) is 0 Å². The van der Waals surface area contributed by atoms with Gasteiger partial charge < -0.3 is 16.2 Å². The van der Waals surface area contributed by atoms with Gasteiger partial charge in [0.2, 0.25) is 5.91 Å². The SMILES string of the molecule is CC(C)(N)CCC(=O)NC(Cc1ccccc1)C(=O)O. The van der Waals surface area contributed by atoms with E-state index < -0.39 is 17.6 Å². The van der Waals surface area contributed by atoms with Crippen LogP contribution in [-0.2, 0) is 16.0 Å². The van der Waals surface area contributed by atoms with Crippen LogP contribution in [-0.4, -0.2) is 28.6 Å². The van der Waals surface area contributed by atoms with E-state index in [1.54, 1.807) is 0 Å². The third-order valence-electron chi connectivity index (χ3n) is 2.91. The molecular weight excluding hydrogens is 256 g/mol. The number of hydrogen-bond donors (Lipinski definition) is 3. The molecule has 5 nitrogen and oxygen atoms in total. The first-order valence-corrected chi connectivity index (χ1v) is 6.63. The lowest BCUT2D eigenvalue weighted by Gasteiger charge is -2.19. The average molecular weight is 278 g/mol. The number of nitrogens with two attached hydrogens (primary N) is 1. The highest BCUT2D eigenvalue weighted by atomic mass is 16.4. The van der Waals surface area contributed by atoms with E-state index in [9.17, 15) is 14.7 Å². The molecular formula is C15H22N2O3. The molecule has 0 bridgehead atoms. The Labute approximate surface area is 119 Å². The summed E-state index contributed by atoms with van der Waals surface area (Å²) < 4.78 is 0. The predicted molar refractivity (Wildman–Crippen MR) is 77.2 cm³/mol. The van der Waals surface area contributed by atoms with Gasteiger partial charge in [0, 0.05) is 18.4 Å². The van der Waals surface area contributed by atoms with Gasteiger partial charge in [-0.15, -0.1) is 0 Å². The van der Waals surface area contributed by atoms with Crippen LogP contribution in [0.1, 0.15) is 32.3 Å². The highest BCUT2D eigenvalue weighted by molar-refractivity contribution is 5.83. The molecule has 0 aliphatic carbocycles. The molecule has 20 heavy (non-hydrogen) atoms. The third-order valence-corrected chi connectivity index (χ3v) is 2.91. The molecule has 5 heteroatoms. The Morgan fingerprint density at radius 2 is 1.90 bits per heavy atom. The van der Waals surface area contributed by atoms with Crippen LogP contribution in [0.5, 0.6) is 0 Å². The molecule has 110 valence electrons. The first kappa shape index (κ1) is 16.2. The van der Waals surface area contributed by atoms with Crippen molar-refractivity contribution in [1.82, 2.24) is 5.32 Å². The van der Waals surface area contributed by atoms with Gasteiger partial charge in [0.1, 0.15) is 6.04 Å². The quantitative estimate of drug-likeness (QED) is 0.701. The molecule has 0 aromatic heterocycles. The van der Waals surface area contributed by atoms with Crippen LogP contribution >= 0.6 is 0 Å². The number of hydrogen-bond acceptors (Lipinski definition) is 3. The van der Waals surface area contributed by atoms with Crippen molar-refractivity contribution in [3.05, 3.63) is 35.9 Å². The minimum atomic E-state index is -1.03. The molecule has 0 fully saturated rings. The van der Waals surface area contributed by atoms with Crippen molar-refractivity contribution in [2.75, 3.05) is 0 Å². The maximum atomic E-state index is 11.8. The smallest absolute Gasteiger partial charge is 0.326 e. The van der Waals surface area contributed by atoms with Crippen molar-refractivity contribution in [2.24, 2.45) is 5.73 Å². The Morgan fingerprint density at radius 1 is 1.30 bits per heavy atom. The van der Waals surface area contributed by atoms with Gasteiger partial charge in [0.25, 0.3) is 0 Å². The Bertz CT molecular complexity index is 452. The van der Waals surface area contributed by atoms with Gasteiger partial charge >= 0.3 is 5.97 Å². The number of carbonyl (C=O) groups is 2. The normalized spacial score (nSPS) is 12.8. The van der Waals surface area contributed by atoms with E-state index in [1.807, 2.05) is 44.2 Å². The van der Waals surface area contributed by atoms with Crippen molar-refractivity contribution < 1.29 is 14.7 Å². The molecule has 0 saturated carbocycles. The number of carbonyl (C=O) groups excluding carboxylic acids is 1. The summed E-state index contributed by atoms with van der Waals surface area (Å²) in [4.78, 5) is 23.0. The van der Waals surface area contributed by atoms with Gasteiger partial charge in [-0.25, -0.2) is 4.79 Å². The predicted octanol–water partition coefficient (Wildman–Crippen LogP) is 1.32. The Morgan fingerprint density at radius 3 is 2.40 bits per heavy atom. The maximum Gasteiger partial charge on any atom is 0.326 e. The lowest BCUT2D eigenvalue weighted by molar-refractivity contribution is -0.141. The van der Waals surface area contributed by atoms with Crippen LogP contribution in [0.2, 0.25) is 0 Å². The minimum Gasteiger partial charge on any atom is -0.480 e. The summed E-state index contributed by atoms with van der Waals surface area (Å²) in [6.45, 7) is 3.66. The van der Waals surface area contributed by atoms with Crippen LogP contribution in [0.15, 0.2) is 30.3 Å². The van der Waals surface area contributed by atoms with Crippen molar-refractivity contribution in [3.8, 4) is 0 Å². The first-order valence-electron chi connectivity index (χ1n) is 6.63. The topological polar surface area (TPSA) is 92.4 Å². The van der Waals surface area contributed by atoms with Crippen molar-refractivity contribution in [2.45, 2.75) is 44.7 Å². The van der Waals surface area contributed by atoms with E-state index in [0.717, 1.165) is 5.56 Å². The fraction of sp³-hybridized carbons (Fsp3) is 0.467. The van der Waals surface area contributed by atoms with Crippen LogP contribution in [0.3, 0.4) is 0 Å². The van der Waals surface area contributed by atoms with Gasteiger partial charge in [-0.3, -0.25) is 4.79 Å². The molecule has 1 amide bonds. The number of benzene rings is 1. The van der Waals surface area contributed by atoms with Gasteiger partial charge in [-0.2, -0.15) is 0 Å². The lowest BCUT2D eigenvalue weighted by Crippen LogP contribution is -2.43. The molecule has 1 atom stereocenters. The molecule has 0 aliphatic rings. The first-order chi connectivity index (χ1) is 9.28. The number of amides is 1. The third kappa shape index (κ3) is 6.33. The van der Waals surface area contributed by atoms with Crippen LogP contribution in [0.25, 0.3) is 0 Å². The molecule has 1 aromatic rings. The van der Waals surface area contributed by atoms with E-state index in [0.29, 0.717) is 6.42 Å². The van der Waals surface area contributed by atoms with E-state index >= 15 is 0 Å². The standard InChI is InChI=1S/C15H22N2O3/c1-15(2,16)9-8-13(18)17-12(14(19)20)10-11-6-4-3-5-7-11/h3-7,12H,8-10,16H2,1-2H3,(H,17,18)(H,19,20). The largest absolute Gasteiger partial charge is 0.480 e. The van der Waals surface area contributed by atoms with E-state index in [-0.39, 0.29) is 18.7 Å². The zero-order chi connectivity index (χ0) is 15.2. The molecule has 0 aliphatic heterocycles. The van der Waals surface area contributed by atoms with Crippen LogP contribution in [0, 0.1) is 0 Å². The fourth-order valence-electron chi connectivity index (χ4n) is 1.75. The zero-order valence-corrected chi connectivity index (χ0v) is 11.9. The minimum absolute atomic E-state index is 0.224. The summed E-state index contributed by atoms with van der Waals surface area (Å²) in [7, 11) is 0. The second-order valence-corrected chi connectivity index (χ2v) is 5.64. The highest BCUT2D eigenvalue weighted by Crippen LogP contribution is 2.08. The summed E-state index contributed by atoms with van der Waals surface area (Å²) in [5.41, 5.74) is 6.24. The number of nitrogens with one attached hydrogen (secondary N) is 1. The molecule has 0 saturated heterocycles. The summed E-state index contributed by atoms with van der Waals surface area (Å²) >= 11 is 0. The van der Waals surface area contributed by atoms with Crippen molar-refractivity contribution >= 4 is 11.9 Å². The molecule has 0 heterocycles. The molecule has 1 aromatic carbocycles. The van der Waals surface area contributed by atoms with E-state index in [2.05, 4.69) is 5.32 Å². The number of aliphatic carboxylic acids is 1. The van der Waals surface area contributed by atoms with Crippen LogP contribution in [0.4, 0.5) is 0 Å². The van der Waals surface area contributed by atoms with Crippen LogP contribution < -0.4 is 11.1 Å². The average Bonchev–Trinajstić information content (AvgIpc) is 2.36. The summed E-state index contributed by atoms with van der Waals surface area (Å²) in [6, 6.07) is 8.31. The molecule has 0 radical (unpaired) electrons. The van der Waals surface area contributed by atoms with Gasteiger partial charge in [-0.05, 0) is 25.8 Å².